The lowest BCUT2D eigenvalue weighted by Crippen LogP contribution is -2.30. The van der Waals surface area contributed by atoms with E-state index in [0.717, 1.165) is 5.56 Å². The third-order valence-electron chi connectivity index (χ3n) is 4.54. The topological polar surface area (TPSA) is 93.4 Å². The summed E-state index contributed by atoms with van der Waals surface area (Å²) in [6.07, 6.45) is 1.35. The van der Waals surface area contributed by atoms with Crippen LogP contribution in [0.4, 0.5) is 5.69 Å². The van der Waals surface area contributed by atoms with Crippen LogP contribution in [-0.2, 0) is 16.0 Å². The van der Waals surface area contributed by atoms with E-state index in [-0.39, 0.29) is 12.1 Å². The number of benzene rings is 2. The van der Waals surface area contributed by atoms with Crippen LogP contribution in [0.1, 0.15) is 17.5 Å². The van der Waals surface area contributed by atoms with Crippen LogP contribution in [0, 0.1) is 11.3 Å². The van der Waals surface area contributed by atoms with E-state index in [1.807, 2.05) is 12.1 Å². The Balaban J connectivity index is 1.55. The zero-order valence-corrected chi connectivity index (χ0v) is 16.8. The first-order valence-electron chi connectivity index (χ1n) is 8.87. The fourth-order valence-electron chi connectivity index (χ4n) is 2.96. The highest BCUT2D eigenvalue weighted by Gasteiger charge is 2.34. The molecular formula is C21H17Cl2N3O3. The van der Waals surface area contributed by atoms with Crippen molar-refractivity contribution in [3.63, 3.8) is 0 Å². The molecule has 1 aliphatic heterocycles. The average Bonchev–Trinajstić information content (AvgIpc) is 3.03. The van der Waals surface area contributed by atoms with Gasteiger partial charge in [-0.05, 0) is 54.8 Å². The average molecular weight is 430 g/mol. The molecule has 0 aliphatic carbocycles. The molecule has 8 heteroatoms. The maximum atomic E-state index is 12.4. The van der Waals surface area contributed by atoms with Crippen LogP contribution in [0.15, 0.2) is 53.8 Å². The number of carbonyl (C=O) groups excluding carboxylic acids is 2. The highest BCUT2D eigenvalue weighted by atomic mass is 35.5. The standard InChI is InChI=1S/C21H17Cl2N3O3/c22-17-8-5-13(10-18(17)23)2-1-9-25-20(28)16-12-26(21(29)19(16)27)15-6-3-14(11-24)4-7-15/h3-8,10,27H,1-2,9,12H2,(H,25,28). The molecule has 6 nitrogen and oxygen atoms in total. The lowest BCUT2D eigenvalue weighted by atomic mass is 10.1. The molecule has 0 unspecified atom stereocenters. The van der Waals surface area contributed by atoms with Crippen LogP contribution in [0.25, 0.3) is 0 Å². The minimum absolute atomic E-state index is 0.0221. The summed E-state index contributed by atoms with van der Waals surface area (Å²) >= 11 is 11.9. The molecule has 1 heterocycles. The molecule has 2 N–H and O–H groups in total. The highest BCUT2D eigenvalue weighted by Crippen LogP contribution is 2.25. The number of hydrogen-bond donors (Lipinski definition) is 2. The lowest BCUT2D eigenvalue weighted by molar-refractivity contribution is -0.119. The van der Waals surface area contributed by atoms with E-state index in [9.17, 15) is 14.7 Å². The van der Waals surface area contributed by atoms with Gasteiger partial charge in [0.05, 0.1) is 33.8 Å². The minimum Gasteiger partial charge on any atom is -0.503 e. The second-order valence-corrected chi connectivity index (χ2v) is 7.30. The summed E-state index contributed by atoms with van der Waals surface area (Å²) in [5, 5.41) is 22.7. The van der Waals surface area contributed by atoms with Crippen LogP contribution in [0.2, 0.25) is 10.0 Å². The number of nitrogens with zero attached hydrogens (tertiary/aromatic N) is 2. The van der Waals surface area contributed by atoms with E-state index in [1.165, 1.54) is 4.90 Å². The Kier molecular flexibility index (Phi) is 6.42. The minimum atomic E-state index is -0.643. The third-order valence-corrected chi connectivity index (χ3v) is 5.28. The number of nitriles is 1. The summed E-state index contributed by atoms with van der Waals surface area (Å²) in [7, 11) is 0. The van der Waals surface area contributed by atoms with Crippen molar-refractivity contribution in [1.29, 1.82) is 5.26 Å². The van der Waals surface area contributed by atoms with Gasteiger partial charge in [0, 0.05) is 12.2 Å². The van der Waals surface area contributed by atoms with Gasteiger partial charge < -0.3 is 15.3 Å². The molecule has 0 saturated carbocycles. The predicted molar refractivity (Wildman–Crippen MR) is 111 cm³/mol. The summed E-state index contributed by atoms with van der Waals surface area (Å²) < 4.78 is 0. The molecule has 29 heavy (non-hydrogen) atoms. The zero-order valence-electron chi connectivity index (χ0n) is 15.3. The van der Waals surface area contributed by atoms with Crippen molar-refractivity contribution in [1.82, 2.24) is 5.32 Å². The van der Waals surface area contributed by atoms with Gasteiger partial charge in [0.25, 0.3) is 11.8 Å². The molecule has 0 saturated heterocycles. The molecule has 0 bridgehead atoms. The van der Waals surface area contributed by atoms with E-state index < -0.39 is 17.6 Å². The smallest absolute Gasteiger partial charge is 0.293 e. The summed E-state index contributed by atoms with van der Waals surface area (Å²) in [4.78, 5) is 26.0. The summed E-state index contributed by atoms with van der Waals surface area (Å²) in [5.41, 5.74) is 1.98. The van der Waals surface area contributed by atoms with Gasteiger partial charge in [0.1, 0.15) is 0 Å². The summed E-state index contributed by atoms with van der Waals surface area (Å²) in [5.74, 6) is -1.69. The number of aliphatic hydroxyl groups is 1. The van der Waals surface area contributed by atoms with Crippen molar-refractivity contribution in [3.05, 3.63) is 75.0 Å². The Morgan fingerprint density at radius 1 is 1.17 bits per heavy atom. The van der Waals surface area contributed by atoms with E-state index in [4.69, 9.17) is 28.5 Å². The fourth-order valence-corrected chi connectivity index (χ4v) is 3.28. The number of halogens is 2. The van der Waals surface area contributed by atoms with E-state index in [0.29, 0.717) is 40.7 Å². The largest absolute Gasteiger partial charge is 0.503 e. The first-order chi connectivity index (χ1) is 13.9. The monoisotopic (exact) mass is 429 g/mol. The van der Waals surface area contributed by atoms with Crippen LogP contribution >= 0.6 is 23.2 Å². The number of aliphatic hydroxyl groups excluding tert-OH is 1. The predicted octanol–water partition coefficient (Wildman–Crippen LogP) is 3.77. The van der Waals surface area contributed by atoms with Gasteiger partial charge in [0.2, 0.25) is 0 Å². The fraction of sp³-hybridized carbons (Fsp3) is 0.190. The van der Waals surface area contributed by atoms with Gasteiger partial charge >= 0.3 is 0 Å². The maximum Gasteiger partial charge on any atom is 0.293 e. The second-order valence-electron chi connectivity index (χ2n) is 6.49. The van der Waals surface area contributed by atoms with Crippen molar-refractivity contribution in [2.75, 3.05) is 18.0 Å². The van der Waals surface area contributed by atoms with Gasteiger partial charge in [-0.15, -0.1) is 0 Å². The van der Waals surface area contributed by atoms with Gasteiger partial charge in [-0.25, -0.2) is 0 Å². The summed E-state index contributed by atoms with van der Waals surface area (Å²) in [6, 6.07) is 13.7. The number of anilines is 1. The molecule has 0 aromatic heterocycles. The summed E-state index contributed by atoms with van der Waals surface area (Å²) in [6.45, 7) is 0.343. The Morgan fingerprint density at radius 2 is 1.90 bits per heavy atom. The molecule has 0 fully saturated rings. The Morgan fingerprint density at radius 3 is 2.55 bits per heavy atom. The van der Waals surface area contributed by atoms with Crippen molar-refractivity contribution in [2.45, 2.75) is 12.8 Å². The first kappa shape index (κ1) is 20.7. The van der Waals surface area contributed by atoms with E-state index in [1.54, 1.807) is 36.4 Å². The first-order valence-corrected chi connectivity index (χ1v) is 9.62. The molecule has 148 valence electrons. The molecule has 1 aliphatic rings. The number of rotatable bonds is 6. The molecule has 2 amide bonds. The van der Waals surface area contributed by atoms with Gasteiger partial charge in [0.15, 0.2) is 5.76 Å². The third kappa shape index (κ3) is 4.70. The number of amides is 2. The molecule has 0 radical (unpaired) electrons. The van der Waals surface area contributed by atoms with Gasteiger partial charge in [-0.2, -0.15) is 5.26 Å². The number of carbonyl (C=O) groups is 2. The maximum absolute atomic E-state index is 12.4. The number of nitrogens with one attached hydrogen (secondary N) is 1. The lowest BCUT2D eigenvalue weighted by Gasteiger charge is -2.16. The van der Waals surface area contributed by atoms with Crippen LogP contribution in [0.5, 0.6) is 0 Å². The molecule has 2 aromatic carbocycles. The molecule has 0 atom stereocenters. The molecular weight excluding hydrogens is 413 g/mol. The Labute approximate surface area is 178 Å². The van der Waals surface area contributed by atoms with Crippen LogP contribution in [0.3, 0.4) is 0 Å². The van der Waals surface area contributed by atoms with Crippen molar-refractivity contribution in [2.24, 2.45) is 0 Å². The van der Waals surface area contributed by atoms with Gasteiger partial charge in [-0.3, -0.25) is 9.59 Å². The molecule has 2 aromatic rings. The molecule has 3 rings (SSSR count). The SMILES string of the molecule is N#Cc1ccc(N2CC(C(=O)NCCCc3ccc(Cl)c(Cl)c3)=C(O)C2=O)cc1. The van der Waals surface area contributed by atoms with Crippen molar-refractivity contribution < 1.29 is 14.7 Å². The number of aryl methyl sites for hydroxylation is 1. The Bertz CT molecular complexity index is 1030. The van der Waals surface area contributed by atoms with E-state index in [2.05, 4.69) is 5.32 Å². The van der Waals surface area contributed by atoms with E-state index >= 15 is 0 Å². The van der Waals surface area contributed by atoms with Crippen molar-refractivity contribution >= 4 is 40.7 Å². The molecule has 0 spiro atoms. The van der Waals surface area contributed by atoms with Crippen LogP contribution in [-0.4, -0.2) is 30.0 Å². The highest BCUT2D eigenvalue weighted by molar-refractivity contribution is 6.42. The quantitative estimate of drug-likeness (QED) is 0.683. The van der Waals surface area contributed by atoms with Crippen molar-refractivity contribution in [3.8, 4) is 6.07 Å². The zero-order chi connectivity index (χ0) is 21.0. The Hall–Kier alpha value is -3.01. The van der Waals surface area contributed by atoms with Crippen LogP contribution < -0.4 is 10.2 Å². The number of hydrogen-bond acceptors (Lipinski definition) is 4. The normalized spacial score (nSPS) is 13.6. The van der Waals surface area contributed by atoms with Gasteiger partial charge in [-0.1, -0.05) is 29.3 Å². The second kappa shape index (κ2) is 8.99.